The van der Waals surface area contributed by atoms with Crippen LogP contribution in [0.25, 0.3) is 11.4 Å². The van der Waals surface area contributed by atoms with Crippen molar-refractivity contribution in [3.8, 4) is 11.4 Å². The van der Waals surface area contributed by atoms with Crippen molar-refractivity contribution in [3.63, 3.8) is 0 Å². The van der Waals surface area contributed by atoms with Gasteiger partial charge in [0.15, 0.2) is 10.6 Å². The highest BCUT2D eigenvalue weighted by atomic mass is 32.1. The molecule has 0 aliphatic carbocycles. The second-order valence-electron chi connectivity index (χ2n) is 8.73. The standard InChI is InChI=1S/C25H32N6OS/c1-19-9-11-21(12-10-19)24-27-28-25(33)31(24)18-23(32)26-13-6-14-30-16-15-29(2)17-22(30)20-7-4-3-5-8-20/h3-5,7-12,22H,6,13-18H2,1-2H3,(H,26,32)(H,28,33). The summed E-state index contributed by atoms with van der Waals surface area (Å²) in [4.78, 5) is 17.6. The molecule has 0 radical (unpaired) electrons. The molecule has 1 saturated heterocycles. The van der Waals surface area contributed by atoms with Crippen molar-refractivity contribution in [3.05, 3.63) is 70.5 Å². The summed E-state index contributed by atoms with van der Waals surface area (Å²) in [7, 11) is 2.18. The van der Waals surface area contributed by atoms with Crippen LogP contribution in [0.2, 0.25) is 0 Å². The summed E-state index contributed by atoms with van der Waals surface area (Å²) >= 11 is 5.36. The van der Waals surface area contributed by atoms with Crippen LogP contribution in [0.3, 0.4) is 0 Å². The van der Waals surface area contributed by atoms with E-state index in [-0.39, 0.29) is 12.5 Å². The largest absolute Gasteiger partial charge is 0.355 e. The van der Waals surface area contributed by atoms with E-state index in [0.717, 1.165) is 38.2 Å². The summed E-state index contributed by atoms with van der Waals surface area (Å²) < 4.78 is 2.20. The SMILES string of the molecule is Cc1ccc(-c2n[nH]c(=S)n2CC(=O)NCCCN2CCN(C)CC2c2ccccc2)cc1. The molecule has 0 bridgehead atoms. The molecule has 3 aromatic rings. The molecule has 1 aliphatic rings. The van der Waals surface area contributed by atoms with Crippen molar-refractivity contribution < 1.29 is 4.79 Å². The lowest BCUT2D eigenvalue weighted by Gasteiger charge is -2.40. The van der Waals surface area contributed by atoms with E-state index in [1.807, 2.05) is 31.2 Å². The Hall–Kier alpha value is -2.81. The Morgan fingerprint density at radius 2 is 1.91 bits per heavy atom. The van der Waals surface area contributed by atoms with E-state index in [9.17, 15) is 4.79 Å². The predicted octanol–water partition coefficient (Wildman–Crippen LogP) is 3.41. The third-order valence-corrected chi connectivity index (χ3v) is 6.50. The molecule has 0 spiro atoms. The van der Waals surface area contributed by atoms with Crippen molar-refractivity contribution in [1.29, 1.82) is 0 Å². The average molecular weight is 465 g/mol. The van der Waals surface area contributed by atoms with Crippen LogP contribution in [0.15, 0.2) is 54.6 Å². The number of likely N-dealkylation sites (N-methyl/N-ethyl adjacent to an activating group) is 1. The maximum absolute atomic E-state index is 12.6. The number of aromatic amines is 1. The summed E-state index contributed by atoms with van der Waals surface area (Å²) in [6.07, 6.45) is 0.903. The molecule has 1 unspecified atom stereocenters. The van der Waals surface area contributed by atoms with Crippen molar-refractivity contribution in [2.24, 2.45) is 0 Å². The monoisotopic (exact) mass is 464 g/mol. The first-order valence-corrected chi connectivity index (χ1v) is 11.9. The Kier molecular flexibility index (Phi) is 7.69. The van der Waals surface area contributed by atoms with Crippen LogP contribution in [0.1, 0.15) is 23.6 Å². The van der Waals surface area contributed by atoms with Crippen molar-refractivity contribution >= 4 is 18.1 Å². The second-order valence-corrected chi connectivity index (χ2v) is 9.12. The van der Waals surface area contributed by atoms with Gasteiger partial charge in [0.25, 0.3) is 0 Å². The number of carbonyl (C=O) groups excluding carboxylic acids is 1. The third-order valence-electron chi connectivity index (χ3n) is 6.19. The zero-order valence-electron chi connectivity index (χ0n) is 19.3. The number of aromatic nitrogens is 3. The van der Waals surface area contributed by atoms with Gasteiger partial charge in [-0.25, -0.2) is 0 Å². The molecule has 8 heteroatoms. The fraction of sp³-hybridized carbons (Fsp3) is 0.400. The molecule has 4 rings (SSSR count). The molecular weight excluding hydrogens is 432 g/mol. The van der Waals surface area contributed by atoms with Crippen LogP contribution >= 0.6 is 12.2 Å². The van der Waals surface area contributed by atoms with Gasteiger partial charge in [-0.2, -0.15) is 5.10 Å². The first-order chi connectivity index (χ1) is 16.0. The number of aryl methyl sites for hydroxylation is 1. The van der Waals surface area contributed by atoms with Gasteiger partial charge in [-0.1, -0.05) is 60.2 Å². The van der Waals surface area contributed by atoms with Gasteiger partial charge in [0, 0.05) is 44.3 Å². The molecule has 7 nitrogen and oxygen atoms in total. The molecule has 2 heterocycles. The first-order valence-electron chi connectivity index (χ1n) is 11.5. The number of benzene rings is 2. The number of hydrogen-bond donors (Lipinski definition) is 2. The Balaban J connectivity index is 1.30. The normalized spacial score (nSPS) is 17.2. The molecule has 2 aromatic carbocycles. The number of hydrogen-bond acceptors (Lipinski definition) is 5. The first kappa shape index (κ1) is 23.4. The lowest BCUT2D eigenvalue weighted by molar-refractivity contribution is -0.121. The minimum atomic E-state index is -0.0566. The maximum atomic E-state index is 12.6. The Labute approximate surface area is 200 Å². The summed E-state index contributed by atoms with van der Waals surface area (Å²) in [5, 5.41) is 10.2. The van der Waals surface area contributed by atoms with Crippen molar-refractivity contribution in [1.82, 2.24) is 29.9 Å². The molecule has 174 valence electrons. The van der Waals surface area contributed by atoms with Gasteiger partial charge in [-0.3, -0.25) is 19.4 Å². The number of rotatable bonds is 8. The molecule has 1 fully saturated rings. The van der Waals surface area contributed by atoms with Crippen molar-refractivity contribution in [2.45, 2.75) is 25.9 Å². The van der Waals surface area contributed by atoms with E-state index in [2.05, 4.69) is 62.7 Å². The van der Waals surface area contributed by atoms with E-state index in [0.29, 0.717) is 23.2 Å². The number of carbonyl (C=O) groups is 1. The summed E-state index contributed by atoms with van der Waals surface area (Å²) in [6.45, 7) is 6.91. The minimum Gasteiger partial charge on any atom is -0.355 e. The lowest BCUT2D eigenvalue weighted by Crippen LogP contribution is -2.47. The third kappa shape index (κ3) is 5.96. The summed E-state index contributed by atoms with van der Waals surface area (Å²) in [5.41, 5.74) is 3.46. The zero-order valence-corrected chi connectivity index (χ0v) is 20.1. The number of H-pyrrole nitrogens is 1. The molecule has 1 amide bonds. The highest BCUT2D eigenvalue weighted by Crippen LogP contribution is 2.24. The highest BCUT2D eigenvalue weighted by molar-refractivity contribution is 7.71. The lowest BCUT2D eigenvalue weighted by atomic mass is 10.0. The van der Waals surface area contributed by atoms with Crippen LogP contribution in [0.5, 0.6) is 0 Å². The van der Waals surface area contributed by atoms with E-state index in [1.165, 1.54) is 11.1 Å². The molecule has 1 aromatic heterocycles. The summed E-state index contributed by atoms with van der Waals surface area (Å²) in [5.74, 6) is 0.622. The van der Waals surface area contributed by atoms with Gasteiger partial charge in [0.2, 0.25) is 5.91 Å². The van der Waals surface area contributed by atoms with E-state index in [4.69, 9.17) is 12.2 Å². The molecule has 33 heavy (non-hydrogen) atoms. The van der Waals surface area contributed by atoms with Gasteiger partial charge in [-0.15, -0.1) is 0 Å². The fourth-order valence-corrected chi connectivity index (χ4v) is 4.51. The number of nitrogens with one attached hydrogen (secondary N) is 2. The fourth-order valence-electron chi connectivity index (χ4n) is 4.31. The van der Waals surface area contributed by atoms with Crippen LogP contribution in [-0.4, -0.2) is 70.2 Å². The highest BCUT2D eigenvalue weighted by Gasteiger charge is 2.26. The van der Waals surface area contributed by atoms with Gasteiger partial charge in [0.1, 0.15) is 6.54 Å². The molecule has 2 N–H and O–H groups in total. The smallest absolute Gasteiger partial charge is 0.240 e. The molecular formula is C25H32N6OS. The van der Waals surface area contributed by atoms with Gasteiger partial charge < -0.3 is 10.2 Å². The molecule has 1 aliphatic heterocycles. The average Bonchev–Trinajstić information content (AvgIpc) is 3.18. The molecule has 1 atom stereocenters. The number of nitrogens with zero attached hydrogens (tertiary/aromatic N) is 4. The minimum absolute atomic E-state index is 0.0566. The van der Waals surface area contributed by atoms with E-state index >= 15 is 0 Å². The van der Waals surface area contributed by atoms with Crippen LogP contribution in [0, 0.1) is 11.7 Å². The van der Waals surface area contributed by atoms with Crippen LogP contribution < -0.4 is 5.32 Å². The topological polar surface area (TPSA) is 69.2 Å². The number of piperazine rings is 1. The second kappa shape index (κ2) is 10.9. The zero-order chi connectivity index (χ0) is 23.2. The van der Waals surface area contributed by atoms with Gasteiger partial charge >= 0.3 is 0 Å². The van der Waals surface area contributed by atoms with E-state index in [1.54, 1.807) is 4.57 Å². The van der Waals surface area contributed by atoms with Gasteiger partial charge in [0.05, 0.1) is 0 Å². The Morgan fingerprint density at radius 1 is 1.15 bits per heavy atom. The van der Waals surface area contributed by atoms with Crippen LogP contribution in [-0.2, 0) is 11.3 Å². The summed E-state index contributed by atoms with van der Waals surface area (Å²) in [6, 6.07) is 19.1. The van der Waals surface area contributed by atoms with Crippen molar-refractivity contribution in [2.75, 3.05) is 39.8 Å². The van der Waals surface area contributed by atoms with E-state index < -0.39 is 0 Å². The Bertz CT molecular complexity index is 1110. The van der Waals surface area contributed by atoms with Crippen LogP contribution in [0.4, 0.5) is 0 Å². The van der Waals surface area contributed by atoms with Gasteiger partial charge in [-0.05, 0) is 38.2 Å². The maximum Gasteiger partial charge on any atom is 0.240 e. The Morgan fingerprint density at radius 3 is 2.67 bits per heavy atom. The predicted molar refractivity (Wildman–Crippen MR) is 133 cm³/mol. The molecule has 0 saturated carbocycles. The quantitative estimate of drug-likeness (QED) is 0.395. The number of amides is 1.